The van der Waals surface area contributed by atoms with Crippen molar-refractivity contribution < 1.29 is 4.92 Å². The minimum atomic E-state index is -0.436. The van der Waals surface area contributed by atoms with Crippen LogP contribution in [0.25, 0.3) is 10.9 Å². The van der Waals surface area contributed by atoms with Crippen LogP contribution in [-0.2, 0) is 0 Å². The van der Waals surface area contributed by atoms with E-state index < -0.39 is 4.92 Å². The second-order valence-corrected chi connectivity index (χ2v) is 3.15. The highest BCUT2D eigenvalue weighted by molar-refractivity contribution is 5.81. The van der Waals surface area contributed by atoms with Gasteiger partial charge in [-0.25, -0.2) is 4.98 Å². The fourth-order valence-corrected chi connectivity index (χ4v) is 1.34. The molecule has 0 amide bonds. The van der Waals surface area contributed by atoms with E-state index >= 15 is 0 Å². The molecule has 0 atom stereocenters. The number of pyridine rings is 1. The molecule has 0 bridgehead atoms. The summed E-state index contributed by atoms with van der Waals surface area (Å²) in [5.41, 5.74) is 1.88. The molecule has 1 aromatic carbocycles. The Kier molecular flexibility index (Phi) is 1.89. The first-order valence-electron chi connectivity index (χ1n) is 4.17. The minimum absolute atomic E-state index is 0.0306. The van der Waals surface area contributed by atoms with Gasteiger partial charge in [-0.3, -0.25) is 10.1 Å². The Morgan fingerprint density at radius 1 is 1.36 bits per heavy atom. The maximum absolute atomic E-state index is 10.5. The first-order valence-corrected chi connectivity index (χ1v) is 4.17. The highest BCUT2D eigenvalue weighted by Gasteiger charge is 2.06. The number of aryl methyl sites for hydroxylation is 1. The molecule has 1 aromatic heterocycles. The largest absolute Gasteiger partial charge is 0.288 e. The first-order chi connectivity index (χ1) is 6.66. The van der Waals surface area contributed by atoms with Crippen LogP contribution >= 0.6 is 0 Å². The number of aromatic nitrogens is 1. The molecule has 2 aromatic rings. The molecule has 0 aliphatic carbocycles. The van der Waals surface area contributed by atoms with Gasteiger partial charge in [0, 0.05) is 11.5 Å². The number of nitro groups is 1. The predicted molar refractivity (Wildman–Crippen MR) is 53.1 cm³/mol. The maximum Gasteiger partial charge on any atom is 0.288 e. The second-order valence-electron chi connectivity index (χ2n) is 3.15. The predicted octanol–water partition coefficient (Wildman–Crippen LogP) is 2.45. The van der Waals surface area contributed by atoms with E-state index in [4.69, 9.17) is 0 Å². The van der Waals surface area contributed by atoms with E-state index in [9.17, 15) is 10.1 Å². The van der Waals surface area contributed by atoms with Crippen LogP contribution in [0, 0.1) is 17.0 Å². The molecule has 4 heteroatoms. The van der Waals surface area contributed by atoms with E-state index in [1.54, 1.807) is 0 Å². The quantitative estimate of drug-likeness (QED) is 0.510. The van der Waals surface area contributed by atoms with Gasteiger partial charge < -0.3 is 0 Å². The first kappa shape index (κ1) is 8.62. The summed E-state index contributed by atoms with van der Waals surface area (Å²) in [5.74, 6) is 0. The molecule has 0 N–H and O–H groups in total. The zero-order chi connectivity index (χ0) is 10.1. The zero-order valence-electron chi connectivity index (χ0n) is 7.60. The topological polar surface area (TPSA) is 56.0 Å². The van der Waals surface area contributed by atoms with Crippen molar-refractivity contribution in [1.29, 1.82) is 0 Å². The number of hydrogen-bond donors (Lipinski definition) is 0. The van der Waals surface area contributed by atoms with Crippen molar-refractivity contribution in [3.05, 3.63) is 46.1 Å². The fraction of sp³-hybridized carbons (Fsp3) is 0.100. The lowest BCUT2D eigenvalue weighted by atomic mass is 10.1. The van der Waals surface area contributed by atoms with Gasteiger partial charge >= 0.3 is 0 Å². The molecule has 2 rings (SSSR count). The Balaban J connectivity index is 2.69. The molecule has 0 saturated heterocycles. The average molecular weight is 188 g/mol. The molecule has 14 heavy (non-hydrogen) atoms. The van der Waals surface area contributed by atoms with E-state index in [0.29, 0.717) is 0 Å². The van der Waals surface area contributed by atoms with Gasteiger partial charge in [0.05, 0.1) is 10.4 Å². The summed E-state index contributed by atoms with van der Waals surface area (Å²) in [6.07, 6.45) is 1.28. The Hall–Kier alpha value is -1.97. The van der Waals surface area contributed by atoms with Crippen molar-refractivity contribution in [2.45, 2.75) is 6.92 Å². The number of nitrogens with zero attached hydrogens (tertiary/aromatic N) is 2. The monoisotopic (exact) mass is 188 g/mol. The highest BCUT2D eigenvalue weighted by atomic mass is 16.6. The van der Waals surface area contributed by atoms with Crippen LogP contribution < -0.4 is 0 Å². The number of hydrogen-bond acceptors (Lipinski definition) is 3. The SMILES string of the molecule is Cc1ccc2ncc([N+](=O)[O-])cc2c1. The Morgan fingerprint density at radius 3 is 2.86 bits per heavy atom. The van der Waals surface area contributed by atoms with Crippen molar-refractivity contribution in [2.75, 3.05) is 0 Å². The Labute approximate surface area is 80.4 Å². The molecule has 0 aliphatic rings. The van der Waals surface area contributed by atoms with E-state index in [0.717, 1.165) is 16.5 Å². The van der Waals surface area contributed by atoms with Gasteiger partial charge in [-0.05, 0) is 19.1 Å². The molecule has 70 valence electrons. The molecule has 4 nitrogen and oxygen atoms in total. The van der Waals surface area contributed by atoms with E-state index in [-0.39, 0.29) is 5.69 Å². The summed E-state index contributed by atoms with van der Waals surface area (Å²) in [7, 11) is 0. The minimum Gasteiger partial charge on any atom is -0.258 e. The van der Waals surface area contributed by atoms with Crippen LogP contribution in [0.1, 0.15) is 5.56 Å². The molecule has 0 aliphatic heterocycles. The molecule has 1 heterocycles. The van der Waals surface area contributed by atoms with Crippen molar-refractivity contribution in [1.82, 2.24) is 4.98 Å². The highest BCUT2D eigenvalue weighted by Crippen LogP contribution is 2.18. The third-order valence-electron chi connectivity index (χ3n) is 2.03. The summed E-state index contributed by atoms with van der Waals surface area (Å²) >= 11 is 0. The molecule has 0 radical (unpaired) electrons. The molecule has 0 spiro atoms. The number of fused-ring (bicyclic) bond motifs is 1. The number of rotatable bonds is 1. The summed E-state index contributed by atoms with van der Waals surface area (Å²) in [4.78, 5) is 14.1. The van der Waals surface area contributed by atoms with E-state index in [1.165, 1.54) is 12.3 Å². The lowest BCUT2D eigenvalue weighted by Crippen LogP contribution is -1.89. The van der Waals surface area contributed by atoms with Gasteiger partial charge in [-0.15, -0.1) is 0 Å². The Morgan fingerprint density at radius 2 is 2.14 bits per heavy atom. The van der Waals surface area contributed by atoms with Crippen LogP contribution in [0.15, 0.2) is 30.5 Å². The lowest BCUT2D eigenvalue weighted by Gasteiger charge is -1.97. The summed E-state index contributed by atoms with van der Waals surface area (Å²) < 4.78 is 0. The summed E-state index contributed by atoms with van der Waals surface area (Å²) in [5, 5.41) is 11.3. The lowest BCUT2D eigenvalue weighted by molar-refractivity contribution is -0.385. The van der Waals surface area contributed by atoms with Crippen molar-refractivity contribution >= 4 is 16.6 Å². The molecule has 0 unspecified atom stereocenters. The van der Waals surface area contributed by atoms with Gasteiger partial charge in [0.25, 0.3) is 5.69 Å². The molecular formula is C10H8N2O2. The van der Waals surface area contributed by atoms with Crippen molar-refractivity contribution in [3.8, 4) is 0 Å². The van der Waals surface area contributed by atoms with E-state index in [2.05, 4.69) is 4.98 Å². The van der Waals surface area contributed by atoms with Gasteiger partial charge in [0.2, 0.25) is 0 Å². The Bertz CT molecular complexity index is 508. The summed E-state index contributed by atoms with van der Waals surface area (Å²) in [6.45, 7) is 1.94. The van der Waals surface area contributed by atoms with Crippen LogP contribution in [0.4, 0.5) is 5.69 Å². The molecular weight excluding hydrogens is 180 g/mol. The fourth-order valence-electron chi connectivity index (χ4n) is 1.34. The second kappa shape index (κ2) is 3.06. The van der Waals surface area contributed by atoms with Crippen LogP contribution in [0.3, 0.4) is 0 Å². The molecule has 0 saturated carbocycles. The normalized spacial score (nSPS) is 10.4. The van der Waals surface area contributed by atoms with Crippen molar-refractivity contribution in [2.24, 2.45) is 0 Å². The van der Waals surface area contributed by atoms with Gasteiger partial charge in [-0.1, -0.05) is 11.6 Å². The summed E-state index contributed by atoms with van der Waals surface area (Å²) in [6, 6.07) is 7.21. The van der Waals surface area contributed by atoms with Gasteiger partial charge in [-0.2, -0.15) is 0 Å². The number of benzene rings is 1. The van der Waals surface area contributed by atoms with Crippen molar-refractivity contribution in [3.63, 3.8) is 0 Å². The zero-order valence-corrected chi connectivity index (χ0v) is 7.60. The van der Waals surface area contributed by atoms with E-state index in [1.807, 2.05) is 25.1 Å². The third kappa shape index (κ3) is 1.42. The third-order valence-corrected chi connectivity index (χ3v) is 2.03. The van der Waals surface area contributed by atoms with Crippen LogP contribution in [0.5, 0.6) is 0 Å². The van der Waals surface area contributed by atoms with Crippen LogP contribution in [-0.4, -0.2) is 9.91 Å². The standard InChI is InChI=1S/C10H8N2O2/c1-7-2-3-10-8(4-7)5-9(6-11-10)12(13)14/h2-6H,1H3. The average Bonchev–Trinajstić information content (AvgIpc) is 2.16. The van der Waals surface area contributed by atoms with Gasteiger partial charge in [0.15, 0.2) is 0 Å². The van der Waals surface area contributed by atoms with Gasteiger partial charge in [0.1, 0.15) is 6.20 Å². The maximum atomic E-state index is 10.5. The van der Waals surface area contributed by atoms with Crippen LogP contribution in [0.2, 0.25) is 0 Å². The molecule has 0 fully saturated rings. The smallest absolute Gasteiger partial charge is 0.258 e.